The van der Waals surface area contributed by atoms with Crippen LogP contribution < -0.4 is 20.7 Å². The number of hydrogen-bond donors (Lipinski definition) is 2. The largest absolute Gasteiger partial charge is 0.497 e. The molecule has 0 spiro atoms. The standard InChI is InChI=1S/C22H27N3O4/c1-28-20-10-6-17(7-11-20)14-24-22(27)25(19-3-2-12-29-15-19)18-8-4-16(5-9-18)13-21(23)26/h4-11,19H,2-3,12-15H2,1H3,(H2,23,26)(H,24,27). The highest BCUT2D eigenvalue weighted by Crippen LogP contribution is 2.23. The van der Waals surface area contributed by atoms with Gasteiger partial charge in [0.2, 0.25) is 5.91 Å². The predicted molar refractivity (Wildman–Crippen MR) is 111 cm³/mol. The van der Waals surface area contributed by atoms with Gasteiger partial charge in [0.05, 0.1) is 26.2 Å². The minimum Gasteiger partial charge on any atom is -0.497 e. The number of primary amides is 1. The van der Waals surface area contributed by atoms with Gasteiger partial charge in [0.1, 0.15) is 5.75 Å². The van der Waals surface area contributed by atoms with E-state index in [1.165, 1.54) is 0 Å². The number of anilines is 1. The lowest BCUT2D eigenvalue weighted by atomic mass is 10.1. The summed E-state index contributed by atoms with van der Waals surface area (Å²) in [6.07, 6.45) is 1.96. The van der Waals surface area contributed by atoms with Gasteiger partial charge in [-0.25, -0.2) is 4.79 Å². The van der Waals surface area contributed by atoms with E-state index in [0.717, 1.165) is 42.0 Å². The van der Waals surface area contributed by atoms with E-state index < -0.39 is 0 Å². The van der Waals surface area contributed by atoms with Crippen LogP contribution in [-0.2, 0) is 22.5 Å². The molecule has 0 aliphatic carbocycles. The average molecular weight is 397 g/mol. The number of hydrogen-bond acceptors (Lipinski definition) is 4. The van der Waals surface area contributed by atoms with Gasteiger partial charge in [-0.1, -0.05) is 24.3 Å². The van der Waals surface area contributed by atoms with Crippen LogP contribution in [0.5, 0.6) is 5.75 Å². The summed E-state index contributed by atoms with van der Waals surface area (Å²) in [5.41, 5.74) is 7.83. The van der Waals surface area contributed by atoms with Crippen molar-refractivity contribution in [2.24, 2.45) is 5.73 Å². The fourth-order valence-corrected chi connectivity index (χ4v) is 3.40. The first kappa shape index (κ1) is 20.7. The molecule has 1 saturated heterocycles. The molecule has 1 aliphatic heterocycles. The SMILES string of the molecule is COc1ccc(CNC(=O)N(c2ccc(CC(N)=O)cc2)C2CCCOC2)cc1. The van der Waals surface area contributed by atoms with Gasteiger partial charge in [-0.05, 0) is 48.2 Å². The quantitative estimate of drug-likeness (QED) is 0.751. The number of amides is 3. The van der Waals surface area contributed by atoms with Crippen molar-refractivity contribution in [2.75, 3.05) is 25.2 Å². The predicted octanol–water partition coefficient (Wildman–Crippen LogP) is 2.62. The van der Waals surface area contributed by atoms with Crippen LogP contribution >= 0.6 is 0 Å². The molecule has 3 rings (SSSR count). The molecule has 29 heavy (non-hydrogen) atoms. The average Bonchev–Trinajstić information content (AvgIpc) is 2.74. The number of benzene rings is 2. The molecule has 7 heteroatoms. The van der Waals surface area contributed by atoms with Crippen molar-refractivity contribution in [3.63, 3.8) is 0 Å². The Kier molecular flexibility index (Phi) is 7.08. The molecule has 0 aromatic heterocycles. The summed E-state index contributed by atoms with van der Waals surface area (Å²) in [6, 6.07) is 14.7. The van der Waals surface area contributed by atoms with E-state index in [-0.39, 0.29) is 24.4 Å². The second-order valence-electron chi connectivity index (χ2n) is 7.06. The van der Waals surface area contributed by atoms with E-state index in [0.29, 0.717) is 13.2 Å². The monoisotopic (exact) mass is 397 g/mol. The summed E-state index contributed by atoms with van der Waals surface area (Å²) < 4.78 is 10.8. The Morgan fingerprint density at radius 2 is 1.83 bits per heavy atom. The van der Waals surface area contributed by atoms with Gasteiger partial charge in [0.15, 0.2) is 0 Å². The zero-order valence-electron chi connectivity index (χ0n) is 16.6. The van der Waals surface area contributed by atoms with Crippen LogP contribution in [0, 0.1) is 0 Å². The molecule has 1 unspecified atom stereocenters. The van der Waals surface area contributed by atoms with E-state index in [4.69, 9.17) is 15.2 Å². The minimum atomic E-state index is -0.382. The van der Waals surface area contributed by atoms with Gasteiger partial charge in [0, 0.05) is 18.8 Å². The molecular formula is C22H27N3O4. The molecule has 1 heterocycles. The number of nitrogens with one attached hydrogen (secondary N) is 1. The van der Waals surface area contributed by atoms with Gasteiger partial charge >= 0.3 is 6.03 Å². The molecule has 7 nitrogen and oxygen atoms in total. The lowest BCUT2D eigenvalue weighted by Gasteiger charge is -2.34. The molecule has 2 aromatic rings. The molecule has 3 amide bonds. The third-order valence-corrected chi connectivity index (χ3v) is 4.92. The number of ether oxygens (including phenoxy) is 2. The molecule has 154 valence electrons. The number of rotatable bonds is 7. The third kappa shape index (κ3) is 5.71. The second kappa shape index (κ2) is 9.93. The molecule has 3 N–H and O–H groups in total. The number of carbonyl (C=O) groups excluding carboxylic acids is 2. The van der Waals surface area contributed by atoms with Crippen molar-refractivity contribution in [1.29, 1.82) is 0 Å². The molecule has 0 saturated carbocycles. The third-order valence-electron chi connectivity index (χ3n) is 4.92. The molecule has 2 aromatic carbocycles. The summed E-state index contributed by atoms with van der Waals surface area (Å²) in [6.45, 7) is 1.63. The van der Waals surface area contributed by atoms with Crippen molar-refractivity contribution >= 4 is 17.6 Å². The maximum atomic E-state index is 13.1. The van der Waals surface area contributed by atoms with E-state index in [2.05, 4.69) is 5.32 Å². The number of carbonyl (C=O) groups is 2. The van der Waals surface area contributed by atoms with Gasteiger partial charge in [0.25, 0.3) is 0 Å². The minimum absolute atomic E-state index is 0.0402. The van der Waals surface area contributed by atoms with Crippen LogP contribution in [0.1, 0.15) is 24.0 Å². The van der Waals surface area contributed by atoms with Crippen molar-refractivity contribution < 1.29 is 19.1 Å². The number of nitrogens with two attached hydrogens (primary N) is 1. The first-order valence-electron chi connectivity index (χ1n) is 9.72. The maximum absolute atomic E-state index is 13.1. The van der Waals surface area contributed by atoms with E-state index >= 15 is 0 Å². The highest BCUT2D eigenvalue weighted by atomic mass is 16.5. The Balaban J connectivity index is 1.73. The Labute approximate surface area is 170 Å². The van der Waals surface area contributed by atoms with E-state index in [1.807, 2.05) is 48.5 Å². The fraction of sp³-hybridized carbons (Fsp3) is 0.364. The highest BCUT2D eigenvalue weighted by Gasteiger charge is 2.27. The number of nitrogens with zero attached hydrogens (tertiary/aromatic N) is 1. The Bertz CT molecular complexity index is 815. The number of methoxy groups -OCH3 is 1. The zero-order chi connectivity index (χ0) is 20.6. The van der Waals surface area contributed by atoms with Crippen LogP contribution in [0.15, 0.2) is 48.5 Å². The van der Waals surface area contributed by atoms with Crippen LogP contribution in [0.3, 0.4) is 0 Å². The van der Waals surface area contributed by atoms with Crippen LogP contribution in [0.25, 0.3) is 0 Å². The second-order valence-corrected chi connectivity index (χ2v) is 7.06. The van der Waals surface area contributed by atoms with Crippen LogP contribution in [-0.4, -0.2) is 38.3 Å². The van der Waals surface area contributed by atoms with Crippen LogP contribution in [0.2, 0.25) is 0 Å². The molecule has 0 bridgehead atoms. The van der Waals surface area contributed by atoms with Crippen molar-refractivity contribution in [3.8, 4) is 5.75 Å². The molecule has 1 aliphatic rings. The fourth-order valence-electron chi connectivity index (χ4n) is 3.40. The summed E-state index contributed by atoms with van der Waals surface area (Å²) >= 11 is 0. The topological polar surface area (TPSA) is 93.9 Å². The van der Waals surface area contributed by atoms with Crippen molar-refractivity contribution in [2.45, 2.75) is 31.8 Å². The van der Waals surface area contributed by atoms with Crippen LogP contribution in [0.4, 0.5) is 10.5 Å². The highest BCUT2D eigenvalue weighted by molar-refractivity contribution is 5.92. The summed E-state index contributed by atoms with van der Waals surface area (Å²) in [4.78, 5) is 25.9. The van der Waals surface area contributed by atoms with E-state index in [9.17, 15) is 9.59 Å². The van der Waals surface area contributed by atoms with Gasteiger partial charge in [-0.3, -0.25) is 9.69 Å². The maximum Gasteiger partial charge on any atom is 0.322 e. The zero-order valence-corrected chi connectivity index (χ0v) is 16.6. The molecule has 1 atom stereocenters. The number of urea groups is 1. The first-order valence-corrected chi connectivity index (χ1v) is 9.72. The lowest BCUT2D eigenvalue weighted by Crippen LogP contribution is -2.49. The van der Waals surface area contributed by atoms with Crippen molar-refractivity contribution in [3.05, 3.63) is 59.7 Å². The molecular weight excluding hydrogens is 370 g/mol. The van der Waals surface area contributed by atoms with Gasteiger partial charge < -0.3 is 20.5 Å². The van der Waals surface area contributed by atoms with Gasteiger partial charge in [-0.2, -0.15) is 0 Å². The Hall–Kier alpha value is -3.06. The first-order chi connectivity index (χ1) is 14.1. The summed E-state index contributed by atoms with van der Waals surface area (Å²) in [5.74, 6) is 0.393. The molecule has 1 fully saturated rings. The normalized spacial score (nSPS) is 16.1. The Morgan fingerprint density at radius 1 is 1.14 bits per heavy atom. The van der Waals surface area contributed by atoms with E-state index in [1.54, 1.807) is 12.0 Å². The lowest BCUT2D eigenvalue weighted by molar-refractivity contribution is -0.117. The summed E-state index contributed by atoms with van der Waals surface area (Å²) in [7, 11) is 1.62. The Morgan fingerprint density at radius 3 is 2.41 bits per heavy atom. The smallest absolute Gasteiger partial charge is 0.322 e. The van der Waals surface area contributed by atoms with Crippen molar-refractivity contribution in [1.82, 2.24) is 5.32 Å². The summed E-state index contributed by atoms with van der Waals surface area (Å²) in [5, 5.41) is 3.00. The van der Waals surface area contributed by atoms with Gasteiger partial charge in [-0.15, -0.1) is 0 Å². The molecule has 0 radical (unpaired) electrons.